The fourth-order valence-electron chi connectivity index (χ4n) is 4.97. The molecule has 0 spiro atoms. The van der Waals surface area contributed by atoms with Crippen LogP contribution in [0.1, 0.15) is 60.3 Å². The Labute approximate surface area is 221 Å². The molecule has 0 saturated carbocycles. The Morgan fingerprint density at radius 1 is 1.00 bits per heavy atom. The third-order valence-electron chi connectivity index (χ3n) is 6.87. The normalized spacial score (nSPS) is 16.1. The van der Waals surface area contributed by atoms with Crippen LogP contribution in [0.15, 0.2) is 65.7 Å². The summed E-state index contributed by atoms with van der Waals surface area (Å²) in [6.07, 6.45) is -2.23. The summed E-state index contributed by atoms with van der Waals surface area (Å²) in [5.74, 6) is 0.263. The number of aromatic nitrogens is 1. The van der Waals surface area contributed by atoms with Gasteiger partial charge < -0.3 is 0 Å². The van der Waals surface area contributed by atoms with Crippen LogP contribution in [0.4, 0.5) is 13.2 Å². The van der Waals surface area contributed by atoms with Crippen LogP contribution in [0.2, 0.25) is 0 Å². The number of Topliss-reactive ketones (excluding diaryl/α,β-unsaturated/α-hetero) is 1. The zero-order valence-corrected chi connectivity index (χ0v) is 22.4. The monoisotopic (exact) mass is 544 g/mol. The van der Waals surface area contributed by atoms with E-state index in [9.17, 15) is 26.4 Å². The van der Waals surface area contributed by atoms with Gasteiger partial charge in [0, 0.05) is 32.1 Å². The van der Waals surface area contributed by atoms with Crippen LogP contribution in [0.5, 0.6) is 0 Å². The number of alkyl halides is 3. The molecule has 2 aromatic carbocycles. The topological polar surface area (TPSA) is 67.3 Å². The molecule has 0 aliphatic carbocycles. The van der Waals surface area contributed by atoms with Gasteiger partial charge in [-0.1, -0.05) is 51.1 Å². The summed E-state index contributed by atoms with van der Waals surface area (Å²) in [6.45, 7) is 6.87. The van der Waals surface area contributed by atoms with Crippen molar-refractivity contribution in [1.29, 1.82) is 0 Å². The molecule has 5 nitrogen and oxygen atoms in total. The quantitative estimate of drug-likeness (QED) is 0.333. The second-order valence-electron chi connectivity index (χ2n) is 10.1. The van der Waals surface area contributed by atoms with Gasteiger partial charge in [-0.3, -0.25) is 14.7 Å². The Hall–Kier alpha value is -3.04. The Morgan fingerprint density at radius 2 is 1.61 bits per heavy atom. The molecule has 0 N–H and O–H groups in total. The lowest BCUT2D eigenvalue weighted by Crippen LogP contribution is -2.25. The van der Waals surface area contributed by atoms with Gasteiger partial charge in [-0.2, -0.15) is 13.2 Å². The first kappa shape index (κ1) is 28.0. The van der Waals surface area contributed by atoms with E-state index >= 15 is 0 Å². The van der Waals surface area contributed by atoms with Gasteiger partial charge in [0.2, 0.25) is 0 Å². The summed E-state index contributed by atoms with van der Waals surface area (Å²) in [6, 6.07) is 13.7. The third-order valence-corrected chi connectivity index (χ3v) is 8.62. The predicted octanol–water partition coefficient (Wildman–Crippen LogP) is 5.96. The highest BCUT2D eigenvalue weighted by molar-refractivity contribution is 7.91. The van der Waals surface area contributed by atoms with E-state index in [1.165, 1.54) is 24.3 Å². The summed E-state index contributed by atoms with van der Waals surface area (Å²) in [5.41, 5.74) is 3.65. The van der Waals surface area contributed by atoms with Gasteiger partial charge in [0.05, 0.1) is 27.9 Å². The fraction of sp³-hybridized carbons (Fsp3) is 0.379. The molecule has 9 heteroatoms. The minimum Gasteiger partial charge on any atom is -0.299 e. The van der Waals surface area contributed by atoms with E-state index in [4.69, 9.17) is 4.98 Å². The minimum atomic E-state index is -4.36. The van der Waals surface area contributed by atoms with Crippen molar-refractivity contribution in [2.24, 2.45) is 5.92 Å². The molecular formula is C29H31F3N2O3S. The van der Waals surface area contributed by atoms with Crippen molar-refractivity contribution in [2.45, 2.75) is 63.8 Å². The molecule has 0 amide bonds. The molecule has 0 saturated heterocycles. The lowest BCUT2D eigenvalue weighted by atomic mass is 9.98. The summed E-state index contributed by atoms with van der Waals surface area (Å²) in [7, 11) is -3.28. The number of benzene rings is 2. The van der Waals surface area contributed by atoms with Crippen molar-refractivity contribution in [3.63, 3.8) is 0 Å². The molecule has 4 rings (SSSR count). The van der Waals surface area contributed by atoms with Crippen molar-refractivity contribution in [2.75, 3.05) is 5.75 Å². The molecule has 1 aliphatic rings. The van der Waals surface area contributed by atoms with Crippen molar-refractivity contribution in [3.05, 3.63) is 94.3 Å². The maximum Gasteiger partial charge on any atom is 0.416 e. The van der Waals surface area contributed by atoms with Gasteiger partial charge in [0.1, 0.15) is 5.78 Å². The second-order valence-corrected chi connectivity index (χ2v) is 12.4. The highest BCUT2D eigenvalue weighted by Crippen LogP contribution is 2.39. The van der Waals surface area contributed by atoms with Gasteiger partial charge in [0.15, 0.2) is 9.84 Å². The number of rotatable bonds is 9. The lowest BCUT2D eigenvalue weighted by Gasteiger charge is -2.27. The minimum absolute atomic E-state index is 0.00198. The molecule has 0 fully saturated rings. The average Bonchev–Trinajstić information content (AvgIpc) is 3.21. The van der Waals surface area contributed by atoms with Crippen molar-refractivity contribution in [1.82, 2.24) is 9.88 Å². The number of pyridine rings is 1. The molecule has 0 unspecified atom stereocenters. The van der Waals surface area contributed by atoms with Crippen LogP contribution in [-0.2, 0) is 46.7 Å². The molecule has 202 valence electrons. The number of ketones is 1. The van der Waals surface area contributed by atoms with Gasteiger partial charge in [-0.05, 0) is 52.4 Å². The van der Waals surface area contributed by atoms with Crippen LogP contribution >= 0.6 is 0 Å². The Bertz CT molecular complexity index is 1400. The molecular weight excluding hydrogens is 513 g/mol. The first-order valence-corrected chi connectivity index (χ1v) is 14.2. The van der Waals surface area contributed by atoms with E-state index in [2.05, 4.69) is 18.7 Å². The predicted molar refractivity (Wildman–Crippen MR) is 139 cm³/mol. The van der Waals surface area contributed by atoms with Gasteiger partial charge in [-0.25, -0.2) is 8.42 Å². The van der Waals surface area contributed by atoms with Crippen LogP contribution < -0.4 is 0 Å². The second kappa shape index (κ2) is 11.0. The van der Waals surface area contributed by atoms with Crippen molar-refractivity contribution >= 4 is 15.6 Å². The number of carbonyl (C=O) groups excluding carboxylic acids is 1. The first-order chi connectivity index (χ1) is 17.9. The molecule has 0 bridgehead atoms. The molecule has 2 heterocycles. The van der Waals surface area contributed by atoms with E-state index in [1.54, 1.807) is 25.3 Å². The lowest BCUT2D eigenvalue weighted by molar-refractivity contribution is -0.137. The largest absolute Gasteiger partial charge is 0.416 e. The molecule has 0 radical (unpaired) electrons. The van der Waals surface area contributed by atoms with E-state index < -0.39 is 21.6 Å². The standard InChI is InChI=1S/C29H31F3N2O3S/c1-4-38(36,37)26-11-7-20(8-12-26)14-25(35)15-22-13-23-18-34(28(19(2)3)27(23)33-16-22)17-21-5-9-24(10-6-21)29(30,31)32/h5-13,16,19,28H,4,14-15,17-18H2,1-3H3/t28-/m0/s1. The maximum absolute atomic E-state index is 12.9. The van der Waals surface area contributed by atoms with Crippen LogP contribution in [0.3, 0.4) is 0 Å². The highest BCUT2D eigenvalue weighted by atomic mass is 32.2. The van der Waals surface area contributed by atoms with Gasteiger partial charge in [0.25, 0.3) is 0 Å². The Balaban J connectivity index is 1.44. The van der Waals surface area contributed by atoms with E-state index in [1.807, 2.05) is 6.07 Å². The Kier molecular flexibility index (Phi) is 8.09. The number of nitrogens with zero attached hydrogens (tertiary/aromatic N) is 2. The van der Waals surface area contributed by atoms with Gasteiger partial charge >= 0.3 is 6.18 Å². The Morgan fingerprint density at radius 3 is 2.18 bits per heavy atom. The number of hydrogen-bond donors (Lipinski definition) is 0. The van der Waals surface area contributed by atoms with Crippen molar-refractivity contribution in [3.8, 4) is 0 Å². The molecule has 3 aromatic rings. The SMILES string of the molecule is CCS(=O)(=O)c1ccc(CC(=O)Cc2cnc3c(c2)CN(Cc2ccc(C(F)(F)F)cc2)[C@H]3C(C)C)cc1. The van der Waals surface area contributed by atoms with Crippen molar-refractivity contribution < 1.29 is 26.4 Å². The summed E-state index contributed by atoms with van der Waals surface area (Å²) < 4.78 is 62.8. The molecule has 38 heavy (non-hydrogen) atoms. The molecule has 1 aromatic heterocycles. The number of sulfone groups is 1. The van der Waals surface area contributed by atoms with E-state index in [0.717, 1.165) is 40.1 Å². The zero-order chi connectivity index (χ0) is 27.7. The maximum atomic E-state index is 12.9. The number of fused-ring (bicyclic) bond motifs is 1. The smallest absolute Gasteiger partial charge is 0.299 e. The van der Waals surface area contributed by atoms with Crippen LogP contribution in [-0.4, -0.2) is 29.8 Å². The average molecular weight is 545 g/mol. The van der Waals surface area contributed by atoms with Crippen LogP contribution in [0, 0.1) is 5.92 Å². The summed E-state index contributed by atoms with van der Waals surface area (Å²) in [5, 5.41) is 0. The zero-order valence-electron chi connectivity index (χ0n) is 21.6. The van der Waals surface area contributed by atoms with Crippen LogP contribution in [0.25, 0.3) is 0 Å². The fourth-order valence-corrected chi connectivity index (χ4v) is 5.86. The number of halogens is 3. The summed E-state index contributed by atoms with van der Waals surface area (Å²) in [4.78, 5) is 19.9. The number of carbonyl (C=O) groups is 1. The summed E-state index contributed by atoms with van der Waals surface area (Å²) >= 11 is 0. The molecule has 1 atom stereocenters. The van der Waals surface area contributed by atoms with E-state index in [0.29, 0.717) is 13.1 Å². The van der Waals surface area contributed by atoms with Gasteiger partial charge in [-0.15, -0.1) is 0 Å². The first-order valence-electron chi connectivity index (χ1n) is 12.6. The van der Waals surface area contributed by atoms with E-state index in [-0.39, 0.29) is 41.2 Å². The highest BCUT2D eigenvalue weighted by Gasteiger charge is 2.34. The third kappa shape index (κ3) is 6.32. The number of hydrogen-bond acceptors (Lipinski definition) is 5. The molecule has 1 aliphatic heterocycles.